The molecule has 0 spiro atoms. The summed E-state index contributed by atoms with van der Waals surface area (Å²) in [5.74, 6) is 1.44. The van der Waals surface area contributed by atoms with E-state index in [1.165, 1.54) is 0 Å². The van der Waals surface area contributed by atoms with Crippen molar-refractivity contribution in [1.82, 2.24) is 20.2 Å². The molecule has 1 aromatic carbocycles. The number of benzene rings is 1. The summed E-state index contributed by atoms with van der Waals surface area (Å²) in [5, 5.41) is 6.45. The Bertz CT molecular complexity index is 1090. The third-order valence-corrected chi connectivity index (χ3v) is 5.36. The molecule has 1 aromatic heterocycles. The third kappa shape index (κ3) is 6.16. The lowest BCUT2D eigenvalue weighted by molar-refractivity contribution is -0.122. The van der Waals surface area contributed by atoms with Gasteiger partial charge in [-0.25, -0.2) is 9.97 Å². The van der Waals surface area contributed by atoms with E-state index in [4.69, 9.17) is 4.98 Å². The first kappa shape index (κ1) is 23.9. The molecule has 3 rings (SSSR count). The zero-order chi connectivity index (χ0) is 23.8. The number of carbonyl (C=O) groups is 1. The van der Waals surface area contributed by atoms with E-state index >= 15 is 0 Å². The van der Waals surface area contributed by atoms with Crippen LogP contribution in [0.3, 0.4) is 0 Å². The highest BCUT2D eigenvalue weighted by atomic mass is 16.1. The van der Waals surface area contributed by atoms with Crippen LogP contribution in [-0.2, 0) is 4.79 Å². The second-order valence-corrected chi connectivity index (χ2v) is 8.10. The Hall–Kier alpha value is -3.74. The van der Waals surface area contributed by atoms with Crippen LogP contribution in [-0.4, -0.2) is 60.7 Å². The van der Waals surface area contributed by atoms with Crippen LogP contribution in [0.2, 0.25) is 0 Å². The van der Waals surface area contributed by atoms with Crippen LogP contribution in [0.25, 0.3) is 22.5 Å². The maximum absolute atomic E-state index is 11.6. The van der Waals surface area contributed by atoms with Gasteiger partial charge in [-0.3, -0.25) is 9.79 Å². The minimum atomic E-state index is 0.0875. The maximum atomic E-state index is 11.6. The lowest BCUT2D eigenvalue weighted by atomic mass is 10.0. The van der Waals surface area contributed by atoms with Gasteiger partial charge in [0.2, 0.25) is 5.91 Å². The quantitative estimate of drug-likeness (QED) is 0.475. The van der Waals surface area contributed by atoms with Crippen molar-refractivity contribution in [2.75, 3.05) is 33.0 Å². The predicted molar refractivity (Wildman–Crippen MR) is 137 cm³/mol. The molecule has 1 atom stereocenters. The first-order valence-corrected chi connectivity index (χ1v) is 11.1. The highest BCUT2D eigenvalue weighted by Crippen LogP contribution is 2.27. The third-order valence-electron chi connectivity index (χ3n) is 5.36. The van der Waals surface area contributed by atoms with E-state index in [-0.39, 0.29) is 11.9 Å². The molecule has 1 aliphatic rings. The van der Waals surface area contributed by atoms with E-state index in [9.17, 15) is 4.79 Å². The molecule has 1 saturated heterocycles. The number of aliphatic imine (C=N–C) groups is 1. The summed E-state index contributed by atoms with van der Waals surface area (Å²) in [4.78, 5) is 27.3. The fraction of sp³-hybridized carbons (Fsp3) is 0.308. The molecule has 1 aliphatic heterocycles. The van der Waals surface area contributed by atoms with Crippen LogP contribution >= 0.6 is 0 Å². The van der Waals surface area contributed by atoms with E-state index in [2.05, 4.69) is 33.3 Å². The zero-order valence-corrected chi connectivity index (χ0v) is 19.8. The van der Waals surface area contributed by atoms with Crippen LogP contribution in [0.1, 0.15) is 30.9 Å². The molecule has 7 nitrogen and oxygen atoms in total. The van der Waals surface area contributed by atoms with Gasteiger partial charge in [-0.1, -0.05) is 36.9 Å². The minimum absolute atomic E-state index is 0.0875. The summed E-state index contributed by atoms with van der Waals surface area (Å²) < 4.78 is 0. The molecular weight excluding hydrogens is 412 g/mol. The number of hydrogen-bond acceptors (Lipinski definition) is 6. The van der Waals surface area contributed by atoms with Gasteiger partial charge in [0.25, 0.3) is 0 Å². The molecular formula is C26H32N6O. The maximum Gasteiger partial charge on any atom is 0.220 e. The van der Waals surface area contributed by atoms with Gasteiger partial charge in [0.1, 0.15) is 5.82 Å². The molecule has 1 fully saturated rings. The van der Waals surface area contributed by atoms with Crippen LogP contribution in [0.15, 0.2) is 60.4 Å². The van der Waals surface area contributed by atoms with E-state index in [1.807, 2.05) is 68.7 Å². The second-order valence-electron chi connectivity index (χ2n) is 8.10. The van der Waals surface area contributed by atoms with Crippen LogP contribution in [0, 0.1) is 0 Å². The minimum Gasteiger partial charge on any atom is -0.383 e. The number of anilines is 1. The fourth-order valence-corrected chi connectivity index (χ4v) is 3.69. The van der Waals surface area contributed by atoms with Gasteiger partial charge in [-0.15, -0.1) is 0 Å². The molecule has 0 saturated carbocycles. The van der Waals surface area contributed by atoms with Gasteiger partial charge in [-0.05, 0) is 30.5 Å². The zero-order valence-electron chi connectivity index (χ0n) is 19.8. The summed E-state index contributed by atoms with van der Waals surface area (Å²) in [6, 6.07) is 8.22. The average molecular weight is 445 g/mol. The SMILES string of the molecule is C=C/C(=C\N(C)C)c1cccc(-c2ncc(C(/C=N\C)=C/C)c(NC3CCC(=O)NC3)n2)c1. The number of nitrogens with one attached hydrogen (secondary N) is 2. The number of allylic oxidation sites excluding steroid dienone is 4. The first-order valence-electron chi connectivity index (χ1n) is 11.1. The highest BCUT2D eigenvalue weighted by Gasteiger charge is 2.20. The molecule has 2 heterocycles. The summed E-state index contributed by atoms with van der Waals surface area (Å²) in [6.45, 7) is 6.48. The molecule has 2 N–H and O–H groups in total. The monoisotopic (exact) mass is 444 g/mol. The van der Waals surface area contributed by atoms with E-state index in [1.54, 1.807) is 13.3 Å². The molecule has 33 heavy (non-hydrogen) atoms. The van der Waals surface area contributed by atoms with Crippen molar-refractivity contribution in [3.63, 3.8) is 0 Å². The topological polar surface area (TPSA) is 82.5 Å². The normalized spacial score (nSPS) is 17.1. The van der Waals surface area contributed by atoms with Gasteiger partial charge in [-0.2, -0.15) is 0 Å². The predicted octanol–water partition coefficient (Wildman–Crippen LogP) is 4.03. The van der Waals surface area contributed by atoms with Crippen molar-refractivity contribution < 1.29 is 4.79 Å². The number of aromatic nitrogens is 2. The number of amides is 1. The van der Waals surface area contributed by atoms with Gasteiger partial charge in [0.15, 0.2) is 5.82 Å². The Balaban J connectivity index is 2.02. The van der Waals surface area contributed by atoms with Gasteiger partial charge < -0.3 is 15.5 Å². The number of piperidine rings is 1. The van der Waals surface area contributed by atoms with Gasteiger partial charge >= 0.3 is 0 Å². The standard InChI is InChI=1S/C26H32N6O/c1-6-18(14-27-3)23-16-29-25(31-26(23)30-22-11-12-24(33)28-15-22)21-10-8-9-20(13-21)19(7-2)17-32(4)5/h6-10,13-14,16-17,22H,2,11-12,15H2,1,3-5H3,(H,28,33)(H,29,30,31)/b18-6+,19-17+,27-14-. The number of nitrogens with zero attached hydrogens (tertiary/aromatic N) is 4. The lowest BCUT2D eigenvalue weighted by Gasteiger charge is -2.25. The fourth-order valence-electron chi connectivity index (χ4n) is 3.69. The van der Waals surface area contributed by atoms with Crippen LogP contribution in [0.4, 0.5) is 5.82 Å². The number of carbonyl (C=O) groups excluding carboxylic acids is 1. The number of hydrogen-bond donors (Lipinski definition) is 2. The molecule has 0 aliphatic carbocycles. The van der Waals surface area contributed by atoms with Gasteiger partial charge in [0.05, 0.1) is 0 Å². The van der Waals surface area contributed by atoms with Crippen molar-refractivity contribution in [2.45, 2.75) is 25.8 Å². The Labute approximate surface area is 196 Å². The molecule has 172 valence electrons. The van der Waals surface area contributed by atoms with Crippen molar-refractivity contribution in [1.29, 1.82) is 0 Å². The van der Waals surface area contributed by atoms with Crippen LogP contribution in [0.5, 0.6) is 0 Å². The summed E-state index contributed by atoms with van der Waals surface area (Å²) in [5.41, 5.74) is 4.78. The Kier molecular flexibility index (Phi) is 8.13. The van der Waals surface area contributed by atoms with Crippen molar-refractivity contribution >= 4 is 29.1 Å². The lowest BCUT2D eigenvalue weighted by Crippen LogP contribution is -2.42. The average Bonchev–Trinajstić information content (AvgIpc) is 2.82. The molecule has 1 amide bonds. The van der Waals surface area contributed by atoms with Crippen molar-refractivity contribution in [2.24, 2.45) is 4.99 Å². The van der Waals surface area contributed by atoms with Gasteiger partial charge in [0, 0.05) is 75.5 Å². The molecule has 0 bridgehead atoms. The second kappa shape index (κ2) is 11.2. The summed E-state index contributed by atoms with van der Waals surface area (Å²) >= 11 is 0. The number of rotatable bonds is 8. The van der Waals surface area contributed by atoms with E-state index in [0.717, 1.165) is 40.1 Å². The van der Waals surface area contributed by atoms with E-state index in [0.29, 0.717) is 18.8 Å². The van der Waals surface area contributed by atoms with E-state index < -0.39 is 0 Å². The summed E-state index contributed by atoms with van der Waals surface area (Å²) in [7, 11) is 5.71. The Morgan fingerprint density at radius 2 is 2.15 bits per heavy atom. The first-order chi connectivity index (χ1) is 15.9. The largest absolute Gasteiger partial charge is 0.383 e. The molecule has 2 aromatic rings. The van der Waals surface area contributed by atoms with Crippen LogP contribution < -0.4 is 10.6 Å². The highest BCUT2D eigenvalue weighted by molar-refractivity contribution is 6.11. The summed E-state index contributed by atoms with van der Waals surface area (Å²) in [6.07, 6.45) is 10.8. The Morgan fingerprint density at radius 3 is 2.79 bits per heavy atom. The van der Waals surface area contributed by atoms with Crippen molar-refractivity contribution in [3.8, 4) is 11.4 Å². The Morgan fingerprint density at radius 1 is 1.33 bits per heavy atom. The molecule has 1 unspecified atom stereocenters. The van der Waals surface area contributed by atoms with Crippen molar-refractivity contribution in [3.05, 3.63) is 66.5 Å². The smallest absolute Gasteiger partial charge is 0.220 e. The molecule has 0 radical (unpaired) electrons. The molecule has 7 heteroatoms.